The first-order valence-electron chi connectivity index (χ1n) is 22.9. The second-order valence-electron chi connectivity index (χ2n) is 19.3. The van der Waals surface area contributed by atoms with Crippen LogP contribution in [0, 0.1) is 59.2 Å². The Morgan fingerprint density at radius 2 is 0.754 bits per heavy atom. The molecule has 330 valence electrons. The summed E-state index contributed by atoms with van der Waals surface area (Å²) >= 11 is 0. The molecule has 7 aliphatic heterocycles. The van der Waals surface area contributed by atoms with Gasteiger partial charge in [-0.05, 0) is 55.8 Å². The highest BCUT2D eigenvalue weighted by atomic mass is 16.8. The number of hydrogen-bond donors (Lipinski definition) is 0. The molecule has 2 bridgehead atoms. The van der Waals surface area contributed by atoms with Crippen LogP contribution in [0.4, 0.5) is 0 Å². The summed E-state index contributed by atoms with van der Waals surface area (Å²) < 4.78 is 78.8. The van der Waals surface area contributed by atoms with E-state index in [2.05, 4.69) is 90.0 Å². The van der Waals surface area contributed by atoms with Crippen LogP contribution < -0.4 is 0 Å². The van der Waals surface area contributed by atoms with Crippen molar-refractivity contribution < 1.29 is 56.8 Å². The van der Waals surface area contributed by atoms with E-state index in [-0.39, 0.29) is 152 Å². The first kappa shape index (κ1) is 44.6. The van der Waals surface area contributed by atoms with Crippen molar-refractivity contribution in [3.63, 3.8) is 0 Å². The largest absolute Gasteiger partial charge is 0.350 e. The van der Waals surface area contributed by atoms with Crippen molar-refractivity contribution in [3.8, 4) is 0 Å². The normalized spacial score (nSPS) is 55.7. The van der Waals surface area contributed by atoms with Crippen molar-refractivity contribution in [2.24, 2.45) is 59.2 Å². The second kappa shape index (κ2) is 18.5. The minimum Gasteiger partial charge on any atom is -0.350 e. The fraction of sp³-hybridized carbons (Fsp3) is 1.00. The molecule has 7 aliphatic rings. The van der Waals surface area contributed by atoms with Crippen LogP contribution in [0.1, 0.15) is 116 Å². The lowest BCUT2D eigenvalue weighted by Gasteiger charge is -2.52. The second-order valence-corrected chi connectivity index (χ2v) is 19.3. The van der Waals surface area contributed by atoms with Crippen LogP contribution >= 0.6 is 0 Å². The van der Waals surface area contributed by atoms with E-state index in [0.29, 0.717) is 19.1 Å². The molecule has 7 heterocycles. The van der Waals surface area contributed by atoms with E-state index in [0.717, 1.165) is 19.3 Å². The summed E-state index contributed by atoms with van der Waals surface area (Å²) in [7, 11) is 0. The summed E-state index contributed by atoms with van der Waals surface area (Å²) in [6.07, 6.45) is -0.462. The zero-order chi connectivity index (χ0) is 41.0. The quantitative estimate of drug-likeness (QED) is 0.206. The summed E-state index contributed by atoms with van der Waals surface area (Å²) in [6, 6.07) is 0. The maximum atomic E-state index is 7.05. The van der Waals surface area contributed by atoms with Crippen molar-refractivity contribution in [3.05, 3.63) is 0 Å². The van der Waals surface area contributed by atoms with E-state index in [4.69, 9.17) is 56.8 Å². The molecule has 57 heavy (non-hydrogen) atoms. The van der Waals surface area contributed by atoms with Crippen LogP contribution in [0.5, 0.6) is 0 Å². The first-order chi connectivity index (χ1) is 27.2. The molecule has 11 unspecified atom stereocenters. The Kier molecular flexibility index (Phi) is 14.4. The molecule has 26 atom stereocenters. The molecular weight excluding hydrogens is 732 g/mol. The van der Waals surface area contributed by atoms with Crippen molar-refractivity contribution in [1.29, 1.82) is 0 Å². The fourth-order valence-electron chi connectivity index (χ4n) is 10.7. The molecule has 0 radical (unpaired) electrons. The van der Waals surface area contributed by atoms with Crippen LogP contribution in [0.15, 0.2) is 0 Å². The summed E-state index contributed by atoms with van der Waals surface area (Å²) in [4.78, 5) is 0. The van der Waals surface area contributed by atoms with Gasteiger partial charge in [0, 0.05) is 29.6 Å². The summed E-state index contributed by atoms with van der Waals surface area (Å²) in [5.74, 6) is 1.86. The molecular formula is C45H78O12. The maximum absolute atomic E-state index is 7.05. The smallest absolute Gasteiger partial charge is 0.161 e. The standard InChI is InChI=1S/C45H78O12/c1-15-31-36(54-43-27(11)22(6)38(33(17-3)50-43)56-45-29(13)24(8)39-34(53-45)18-46-30(14)48-39)21(5)26(10)42(49-31)55-37-23(7)28(12)44(51-32(37)16-2)57-40-20(4)25(9)41-47-19-35(40)52-41/h20-45H,15-19H2,1-14H3/t20?,21?,22?,23?,24?,25?,26-,27?,28-,29?,30?,31?,32?,33-,34+,35+,36-,37-,38+,39+,40+,41-,42+,43-,44+,45-/m1/s1. The Morgan fingerprint density at radius 3 is 1.21 bits per heavy atom. The first-order valence-corrected chi connectivity index (χ1v) is 22.9. The fourth-order valence-corrected chi connectivity index (χ4v) is 10.7. The monoisotopic (exact) mass is 811 g/mol. The SMILES string of the molecule is CCC1O[C@@H](O[C@H]2C(CC)O[C@@H](O[C@H]3C(C)C(C)[C@@H]4OC[C@@H]3O4)[C@H](C)C2C)[C@H](C)C(C)[C@H]1O[C@H]1O[C@H](CC)[C@@H](O[C@H]2O[C@H]3COC(C)O[C@H]3C(C)C2C)C(C)C1C. The number of fused-ring (bicyclic) bond motifs is 3. The van der Waals surface area contributed by atoms with Gasteiger partial charge in [-0.3, -0.25) is 0 Å². The molecule has 7 fully saturated rings. The predicted molar refractivity (Wildman–Crippen MR) is 212 cm³/mol. The van der Waals surface area contributed by atoms with Gasteiger partial charge in [0.15, 0.2) is 37.7 Å². The molecule has 0 saturated carbocycles. The molecule has 0 aromatic carbocycles. The molecule has 0 spiro atoms. The third-order valence-corrected chi connectivity index (χ3v) is 15.9. The lowest BCUT2D eigenvalue weighted by molar-refractivity contribution is -0.371. The molecule has 7 rings (SSSR count). The van der Waals surface area contributed by atoms with Crippen LogP contribution in [0.3, 0.4) is 0 Å². The predicted octanol–water partition coefficient (Wildman–Crippen LogP) is 7.53. The van der Waals surface area contributed by atoms with Crippen molar-refractivity contribution in [2.75, 3.05) is 13.2 Å². The Hall–Kier alpha value is -0.480. The van der Waals surface area contributed by atoms with E-state index < -0.39 is 0 Å². The average Bonchev–Trinajstić information content (AvgIpc) is 3.66. The molecule has 12 heteroatoms. The topological polar surface area (TPSA) is 111 Å². The van der Waals surface area contributed by atoms with Gasteiger partial charge in [0.05, 0.1) is 62.0 Å². The van der Waals surface area contributed by atoms with E-state index in [1.807, 2.05) is 6.92 Å². The molecule has 0 aliphatic carbocycles. The minimum absolute atomic E-state index is 0.00477. The Labute approximate surface area is 343 Å². The zero-order valence-electron chi connectivity index (χ0n) is 37.4. The molecule has 0 aromatic heterocycles. The van der Waals surface area contributed by atoms with Gasteiger partial charge in [0.25, 0.3) is 0 Å². The van der Waals surface area contributed by atoms with Crippen LogP contribution in [0.25, 0.3) is 0 Å². The van der Waals surface area contributed by atoms with Crippen LogP contribution in [0.2, 0.25) is 0 Å². The summed E-state index contributed by atoms with van der Waals surface area (Å²) in [6.45, 7) is 31.9. The van der Waals surface area contributed by atoms with Gasteiger partial charge in [-0.15, -0.1) is 0 Å². The van der Waals surface area contributed by atoms with Gasteiger partial charge in [0.1, 0.15) is 12.2 Å². The lowest BCUT2D eigenvalue weighted by Crippen LogP contribution is -2.60. The summed E-state index contributed by atoms with van der Waals surface area (Å²) in [5, 5.41) is 0. The molecule has 7 saturated heterocycles. The van der Waals surface area contributed by atoms with E-state index in [1.54, 1.807) is 0 Å². The van der Waals surface area contributed by atoms with Crippen LogP contribution in [-0.4, -0.2) is 112 Å². The van der Waals surface area contributed by atoms with Crippen LogP contribution in [-0.2, 0) is 56.8 Å². The van der Waals surface area contributed by atoms with Crippen molar-refractivity contribution >= 4 is 0 Å². The molecule has 12 nitrogen and oxygen atoms in total. The third-order valence-electron chi connectivity index (χ3n) is 15.9. The Bertz CT molecular complexity index is 1280. The van der Waals surface area contributed by atoms with Gasteiger partial charge >= 0.3 is 0 Å². The summed E-state index contributed by atoms with van der Waals surface area (Å²) in [5.41, 5.74) is 0. The highest BCUT2D eigenvalue weighted by Crippen LogP contribution is 2.46. The number of ether oxygens (including phenoxy) is 12. The average molecular weight is 811 g/mol. The van der Waals surface area contributed by atoms with Crippen molar-refractivity contribution in [2.45, 2.75) is 215 Å². The van der Waals surface area contributed by atoms with E-state index >= 15 is 0 Å². The zero-order valence-corrected chi connectivity index (χ0v) is 37.4. The molecule has 0 aromatic rings. The van der Waals surface area contributed by atoms with Gasteiger partial charge in [-0.1, -0.05) is 90.0 Å². The Balaban J connectivity index is 0.968. The lowest BCUT2D eigenvalue weighted by atomic mass is 9.81. The highest BCUT2D eigenvalue weighted by molar-refractivity contribution is 4.96. The minimum atomic E-state index is -0.384. The number of rotatable bonds is 11. The van der Waals surface area contributed by atoms with E-state index in [1.165, 1.54) is 0 Å². The maximum Gasteiger partial charge on any atom is 0.161 e. The molecule has 0 amide bonds. The van der Waals surface area contributed by atoms with Gasteiger partial charge in [-0.2, -0.15) is 0 Å². The van der Waals surface area contributed by atoms with Gasteiger partial charge in [-0.25, -0.2) is 0 Å². The van der Waals surface area contributed by atoms with Gasteiger partial charge in [0.2, 0.25) is 0 Å². The number of hydrogen-bond acceptors (Lipinski definition) is 12. The van der Waals surface area contributed by atoms with Gasteiger partial charge < -0.3 is 56.8 Å². The molecule has 0 N–H and O–H groups in total. The van der Waals surface area contributed by atoms with E-state index in [9.17, 15) is 0 Å². The Morgan fingerprint density at radius 1 is 0.368 bits per heavy atom. The van der Waals surface area contributed by atoms with Crippen molar-refractivity contribution in [1.82, 2.24) is 0 Å². The third kappa shape index (κ3) is 8.66. The highest BCUT2D eigenvalue weighted by Gasteiger charge is 2.54.